The fourth-order valence-corrected chi connectivity index (χ4v) is 2.02. The molecule has 2 N–H and O–H groups in total. The Balaban J connectivity index is 1.98. The Labute approximate surface area is 141 Å². The molecule has 0 aliphatic heterocycles. The largest absolute Gasteiger partial charge is 0.452 e. The van der Waals surface area contributed by atoms with Gasteiger partial charge >= 0.3 is 11.7 Å². The molecule has 0 bridgehead atoms. The molecule has 130 valence electrons. The van der Waals surface area contributed by atoms with E-state index in [0.717, 1.165) is 12.1 Å². The molecule has 2 aromatic rings. The van der Waals surface area contributed by atoms with Crippen LogP contribution < -0.4 is 10.6 Å². The van der Waals surface area contributed by atoms with E-state index in [1.807, 2.05) is 0 Å². The number of nitro groups is 1. The molecule has 0 saturated heterocycles. The van der Waals surface area contributed by atoms with Crippen LogP contribution in [0.3, 0.4) is 0 Å². The van der Waals surface area contributed by atoms with Gasteiger partial charge in [-0.3, -0.25) is 14.9 Å². The zero-order valence-corrected chi connectivity index (χ0v) is 13.1. The van der Waals surface area contributed by atoms with Crippen molar-refractivity contribution in [1.82, 2.24) is 0 Å². The Kier molecular flexibility index (Phi) is 5.62. The van der Waals surface area contributed by atoms with Gasteiger partial charge in [-0.05, 0) is 24.3 Å². The lowest BCUT2D eigenvalue weighted by molar-refractivity contribution is -0.387. The van der Waals surface area contributed by atoms with Crippen LogP contribution >= 0.6 is 0 Å². The second kappa shape index (κ2) is 7.86. The van der Waals surface area contributed by atoms with Gasteiger partial charge in [0.1, 0.15) is 0 Å². The molecule has 0 atom stereocenters. The maximum atomic E-state index is 13.2. The van der Waals surface area contributed by atoms with Crippen molar-refractivity contribution in [3.8, 4) is 0 Å². The maximum Gasteiger partial charge on any atom is 0.340 e. The Hall–Kier alpha value is -3.49. The number of para-hydroxylation sites is 1. The van der Waals surface area contributed by atoms with Crippen LogP contribution in [0, 0.1) is 15.9 Å². The maximum absolute atomic E-state index is 13.2. The summed E-state index contributed by atoms with van der Waals surface area (Å²) >= 11 is 0. The van der Waals surface area contributed by atoms with Crippen LogP contribution in [0.2, 0.25) is 0 Å². The quantitative estimate of drug-likeness (QED) is 0.472. The molecule has 0 saturated carbocycles. The fraction of sp³-hybridized carbons (Fsp3) is 0.125. The van der Waals surface area contributed by atoms with Gasteiger partial charge in [0.25, 0.3) is 5.91 Å². The standard InChI is InChI=1S/C16H14FN3O5/c1-18-13-5-3-2-4-11(13)16(22)25-9-15(21)19-10-6-7-12(17)14(8-10)20(23)24/h2-8,18H,9H2,1H3,(H,19,21). The number of nitrogens with one attached hydrogen (secondary N) is 2. The molecule has 25 heavy (non-hydrogen) atoms. The van der Waals surface area contributed by atoms with Crippen molar-refractivity contribution >= 4 is 28.9 Å². The van der Waals surface area contributed by atoms with Crippen LogP contribution in [0.25, 0.3) is 0 Å². The fourth-order valence-electron chi connectivity index (χ4n) is 2.02. The van der Waals surface area contributed by atoms with Gasteiger partial charge in [-0.1, -0.05) is 12.1 Å². The molecule has 2 aromatic carbocycles. The summed E-state index contributed by atoms with van der Waals surface area (Å²) < 4.78 is 18.1. The molecule has 0 radical (unpaired) electrons. The first-order valence-corrected chi connectivity index (χ1v) is 7.10. The molecular formula is C16H14FN3O5. The van der Waals surface area contributed by atoms with Crippen molar-refractivity contribution in [2.24, 2.45) is 0 Å². The summed E-state index contributed by atoms with van der Waals surface area (Å²) in [6.45, 7) is -0.595. The molecule has 0 heterocycles. The van der Waals surface area contributed by atoms with Gasteiger partial charge in [0.05, 0.1) is 10.5 Å². The Morgan fingerprint density at radius 1 is 1.24 bits per heavy atom. The smallest absolute Gasteiger partial charge is 0.340 e. The molecule has 2 rings (SSSR count). The number of carbonyl (C=O) groups excluding carboxylic acids is 2. The predicted octanol–water partition coefficient (Wildman–Crippen LogP) is 2.57. The molecule has 1 amide bonds. The average molecular weight is 347 g/mol. The van der Waals surface area contributed by atoms with E-state index in [0.29, 0.717) is 5.69 Å². The van der Waals surface area contributed by atoms with E-state index in [-0.39, 0.29) is 11.3 Å². The van der Waals surface area contributed by atoms with Gasteiger partial charge < -0.3 is 15.4 Å². The summed E-state index contributed by atoms with van der Waals surface area (Å²) in [5.41, 5.74) is 0.0554. The number of carbonyl (C=O) groups is 2. The van der Waals surface area contributed by atoms with Gasteiger partial charge in [0.2, 0.25) is 5.82 Å². The number of hydrogen-bond donors (Lipinski definition) is 2. The van der Waals surface area contributed by atoms with Crippen LogP contribution in [0.5, 0.6) is 0 Å². The normalized spacial score (nSPS) is 10.0. The summed E-state index contributed by atoms with van der Waals surface area (Å²) in [5.74, 6) is -2.43. The van der Waals surface area contributed by atoms with Gasteiger partial charge in [-0.15, -0.1) is 0 Å². The van der Waals surface area contributed by atoms with Gasteiger partial charge in [0.15, 0.2) is 6.61 Å². The monoisotopic (exact) mass is 347 g/mol. The molecule has 0 aromatic heterocycles. The highest BCUT2D eigenvalue weighted by Gasteiger charge is 2.17. The van der Waals surface area contributed by atoms with E-state index >= 15 is 0 Å². The van der Waals surface area contributed by atoms with Gasteiger partial charge in [0, 0.05) is 24.5 Å². The van der Waals surface area contributed by atoms with Crippen LogP contribution in [-0.2, 0) is 9.53 Å². The summed E-state index contributed by atoms with van der Waals surface area (Å²) in [6, 6.07) is 9.50. The van der Waals surface area contributed by atoms with E-state index < -0.39 is 34.9 Å². The van der Waals surface area contributed by atoms with Gasteiger partial charge in [-0.2, -0.15) is 4.39 Å². The molecule has 0 aliphatic rings. The summed E-state index contributed by atoms with van der Waals surface area (Å²) in [6.07, 6.45) is 0. The Morgan fingerprint density at radius 3 is 2.64 bits per heavy atom. The third-order valence-corrected chi connectivity index (χ3v) is 3.18. The highest BCUT2D eigenvalue weighted by atomic mass is 19.1. The number of hydrogen-bond acceptors (Lipinski definition) is 6. The van der Waals surface area contributed by atoms with E-state index in [1.165, 1.54) is 12.1 Å². The number of rotatable bonds is 6. The van der Waals surface area contributed by atoms with Crippen LogP contribution in [-0.4, -0.2) is 30.5 Å². The number of halogens is 1. The van der Waals surface area contributed by atoms with Crippen molar-refractivity contribution in [3.05, 3.63) is 64.0 Å². The molecule has 0 spiro atoms. The van der Waals surface area contributed by atoms with Crippen molar-refractivity contribution in [3.63, 3.8) is 0 Å². The first kappa shape index (κ1) is 17.9. The van der Waals surface area contributed by atoms with Crippen molar-refractivity contribution in [2.75, 3.05) is 24.3 Å². The van der Waals surface area contributed by atoms with Crippen LogP contribution in [0.4, 0.5) is 21.5 Å². The first-order valence-electron chi connectivity index (χ1n) is 7.10. The van der Waals surface area contributed by atoms with Crippen molar-refractivity contribution < 1.29 is 23.6 Å². The number of benzene rings is 2. The SMILES string of the molecule is CNc1ccccc1C(=O)OCC(=O)Nc1ccc(F)c([N+](=O)[O-])c1. The number of ether oxygens (including phenoxy) is 1. The second-order valence-corrected chi connectivity index (χ2v) is 4.84. The highest BCUT2D eigenvalue weighted by molar-refractivity contribution is 5.98. The Morgan fingerprint density at radius 2 is 1.96 bits per heavy atom. The molecular weight excluding hydrogens is 333 g/mol. The van der Waals surface area contributed by atoms with Crippen molar-refractivity contribution in [1.29, 1.82) is 0 Å². The summed E-state index contributed by atoms with van der Waals surface area (Å²) in [5, 5.41) is 15.8. The minimum atomic E-state index is -1.02. The zero-order chi connectivity index (χ0) is 18.4. The average Bonchev–Trinajstić information content (AvgIpc) is 2.61. The highest BCUT2D eigenvalue weighted by Crippen LogP contribution is 2.21. The number of esters is 1. The minimum absolute atomic E-state index is 0.0183. The predicted molar refractivity (Wildman–Crippen MR) is 88.0 cm³/mol. The Bertz CT molecular complexity index is 825. The molecule has 0 aliphatic carbocycles. The second-order valence-electron chi connectivity index (χ2n) is 4.84. The molecule has 0 fully saturated rings. The summed E-state index contributed by atoms with van der Waals surface area (Å²) in [4.78, 5) is 33.6. The molecule has 0 unspecified atom stereocenters. The number of anilines is 2. The topological polar surface area (TPSA) is 111 Å². The third-order valence-electron chi connectivity index (χ3n) is 3.18. The third kappa shape index (κ3) is 4.50. The van der Waals surface area contributed by atoms with E-state index in [2.05, 4.69) is 10.6 Å². The number of nitrogens with zero attached hydrogens (tertiary/aromatic N) is 1. The van der Waals surface area contributed by atoms with E-state index in [1.54, 1.807) is 25.2 Å². The molecule has 9 heteroatoms. The van der Waals surface area contributed by atoms with Crippen LogP contribution in [0.15, 0.2) is 42.5 Å². The van der Waals surface area contributed by atoms with E-state index in [4.69, 9.17) is 4.74 Å². The van der Waals surface area contributed by atoms with E-state index in [9.17, 15) is 24.1 Å². The lowest BCUT2D eigenvalue weighted by Crippen LogP contribution is -2.21. The van der Waals surface area contributed by atoms with Crippen LogP contribution in [0.1, 0.15) is 10.4 Å². The minimum Gasteiger partial charge on any atom is -0.452 e. The lowest BCUT2D eigenvalue weighted by atomic mass is 10.2. The summed E-state index contributed by atoms with van der Waals surface area (Å²) in [7, 11) is 1.64. The lowest BCUT2D eigenvalue weighted by Gasteiger charge is -2.09. The van der Waals surface area contributed by atoms with Gasteiger partial charge in [-0.25, -0.2) is 4.79 Å². The molecule has 8 nitrogen and oxygen atoms in total. The number of nitro benzene ring substituents is 1. The number of amides is 1. The zero-order valence-electron chi connectivity index (χ0n) is 13.1. The van der Waals surface area contributed by atoms with Crippen molar-refractivity contribution in [2.45, 2.75) is 0 Å². The first-order chi connectivity index (χ1) is 11.9.